The molecule has 1 rings (SSSR count). The summed E-state index contributed by atoms with van der Waals surface area (Å²) in [7, 11) is 1.65. The Labute approximate surface area is 102 Å². The van der Waals surface area contributed by atoms with Crippen molar-refractivity contribution in [2.45, 2.75) is 19.8 Å². The van der Waals surface area contributed by atoms with E-state index in [2.05, 4.69) is 0 Å². The summed E-state index contributed by atoms with van der Waals surface area (Å²) in [4.78, 5) is 11.0. The predicted octanol–water partition coefficient (Wildman–Crippen LogP) is 2.75. The number of hydrogen-bond donors (Lipinski definition) is 0. The van der Waals surface area contributed by atoms with E-state index in [9.17, 15) is 4.79 Å². The predicted molar refractivity (Wildman–Crippen MR) is 67.1 cm³/mol. The minimum absolute atomic E-state index is 0.276. The Morgan fingerprint density at radius 1 is 1.29 bits per heavy atom. The van der Waals surface area contributed by atoms with E-state index in [0.717, 1.165) is 18.6 Å². The summed E-state index contributed by atoms with van der Waals surface area (Å²) in [5, 5.41) is 0. The number of rotatable bonds is 6. The van der Waals surface area contributed by atoms with Crippen LogP contribution in [0.2, 0.25) is 0 Å². The fourth-order valence-corrected chi connectivity index (χ4v) is 1.41. The van der Waals surface area contributed by atoms with E-state index in [1.807, 2.05) is 30.3 Å². The summed E-state index contributed by atoms with van der Waals surface area (Å²) in [6.45, 7) is 2.21. The first-order valence-electron chi connectivity index (χ1n) is 5.72. The van der Waals surface area contributed by atoms with Crippen LogP contribution in [0.5, 0.6) is 5.75 Å². The first-order chi connectivity index (χ1) is 8.26. The zero-order chi connectivity index (χ0) is 12.5. The third-order valence-electron chi connectivity index (χ3n) is 2.30. The lowest BCUT2D eigenvalue weighted by Gasteiger charge is -2.01. The molecule has 3 heteroatoms. The summed E-state index contributed by atoms with van der Waals surface area (Å²) in [5.41, 5.74) is 1.22. The van der Waals surface area contributed by atoms with Crippen LogP contribution in [0.4, 0.5) is 0 Å². The molecule has 0 aliphatic carbocycles. The van der Waals surface area contributed by atoms with E-state index in [0.29, 0.717) is 6.61 Å². The molecule has 0 spiro atoms. The van der Waals surface area contributed by atoms with Gasteiger partial charge in [0.15, 0.2) is 0 Å². The van der Waals surface area contributed by atoms with Gasteiger partial charge in [0, 0.05) is 6.08 Å². The van der Waals surface area contributed by atoms with E-state index >= 15 is 0 Å². The standard InChI is InChI=1S/C14H18O3/c1-3-17-14(15)7-5-4-6-12-8-10-13(16-2)11-9-12/h5,7-11H,3-4,6H2,1-2H3. The van der Waals surface area contributed by atoms with Gasteiger partial charge in [0.25, 0.3) is 0 Å². The monoisotopic (exact) mass is 234 g/mol. The van der Waals surface area contributed by atoms with Crippen LogP contribution in [0.15, 0.2) is 36.4 Å². The van der Waals surface area contributed by atoms with Gasteiger partial charge in [-0.15, -0.1) is 0 Å². The summed E-state index contributed by atoms with van der Waals surface area (Å²) in [5.74, 6) is 0.582. The second kappa shape index (κ2) is 7.49. The van der Waals surface area contributed by atoms with Crippen LogP contribution in [-0.2, 0) is 16.0 Å². The molecule has 1 aromatic rings. The van der Waals surface area contributed by atoms with Crippen molar-refractivity contribution in [1.82, 2.24) is 0 Å². The summed E-state index contributed by atoms with van der Waals surface area (Å²) in [6.07, 6.45) is 5.04. The van der Waals surface area contributed by atoms with Crippen molar-refractivity contribution >= 4 is 5.97 Å². The topological polar surface area (TPSA) is 35.5 Å². The van der Waals surface area contributed by atoms with Gasteiger partial charge in [-0.3, -0.25) is 0 Å². The minimum atomic E-state index is -0.276. The minimum Gasteiger partial charge on any atom is -0.497 e. The van der Waals surface area contributed by atoms with E-state index in [4.69, 9.17) is 9.47 Å². The number of hydrogen-bond acceptors (Lipinski definition) is 3. The molecule has 0 fully saturated rings. The smallest absolute Gasteiger partial charge is 0.330 e. The second-order valence-corrected chi connectivity index (χ2v) is 3.54. The van der Waals surface area contributed by atoms with Gasteiger partial charge in [-0.2, -0.15) is 0 Å². The van der Waals surface area contributed by atoms with Gasteiger partial charge < -0.3 is 9.47 Å². The van der Waals surface area contributed by atoms with Gasteiger partial charge in [0.05, 0.1) is 13.7 Å². The summed E-state index contributed by atoms with van der Waals surface area (Å²) >= 11 is 0. The normalized spacial score (nSPS) is 10.5. The van der Waals surface area contributed by atoms with Gasteiger partial charge >= 0.3 is 5.97 Å². The molecule has 0 N–H and O–H groups in total. The number of esters is 1. The highest BCUT2D eigenvalue weighted by atomic mass is 16.5. The number of ether oxygens (including phenoxy) is 2. The highest BCUT2D eigenvalue weighted by Crippen LogP contribution is 2.12. The van der Waals surface area contributed by atoms with E-state index in [1.54, 1.807) is 14.0 Å². The van der Waals surface area contributed by atoms with Gasteiger partial charge in [0.1, 0.15) is 5.75 Å². The van der Waals surface area contributed by atoms with Crippen LogP contribution in [-0.4, -0.2) is 19.7 Å². The zero-order valence-electron chi connectivity index (χ0n) is 10.3. The Morgan fingerprint density at radius 2 is 2.00 bits per heavy atom. The second-order valence-electron chi connectivity index (χ2n) is 3.54. The lowest BCUT2D eigenvalue weighted by atomic mass is 10.1. The van der Waals surface area contributed by atoms with Gasteiger partial charge in [-0.1, -0.05) is 18.2 Å². The fourth-order valence-electron chi connectivity index (χ4n) is 1.41. The number of carbonyl (C=O) groups is 1. The maximum absolute atomic E-state index is 11.0. The van der Waals surface area contributed by atoms with Crippen molar-refractivity contribution in [1.29, 1.82) is 0 Å². The van der Waals surface area contributed by atoms with Crippen LogP contribution < -0.4 is 4.74 Å². The average Bonchev–Trinajstić information content (AvgIpc) is 2.36. The number of allylic oxidation sites excluding steroid dienone is 1. The Balaban J connectivity index is 2.32. The first kappa shape index (κ1) is 13.3. The van der Waals surface area contributed by atoms with Crippen molar-refractivity contribution in [3.63, 3.8) is 0 Å². The molecule has 0 amide bonds. The third-order valence-corrected chi connectivity index (χ3v) is 2.30. The van der Waals surface area contributed by atoms with Crippen molar-refractivity contribution in [2.75, 3.05) is 13.7 Å². The lowest BCUT2D eigenvalue weighted by Crippen LogP contribution is -1.98. The number of methoxy groups -OCH3 is 1. The Kier molecular flexibility index (Phi) is 5.86. The molecule has 0 saturated carbocycles. The largest absolute Gasteiger partial charge is 0.497 e. The molecular weight excluding hydrogens is 216 g/mol. The van der Waals surface area contributed by atoms with Crippen LogP contribution in [0.25, 0.3) is 0 Å². The number of aryl methyl sites for hydroxylation is 1. The summed E-state index contributed by atoms with van der Waals surface area (Å²) in [6, 6.07) is 7.92. The molecule has 1 aromatic carbocycles. The van der Waals surface area contributed by atoms with Gasteiger partial charge in [0.2, 0.25) is 0 Å². The molecule has 0 saturated heterocycles. The highest BCUT2D eigenvalue weighted by Gasteiger charge is 1.95. The average molecular weight is 234 g/mol. The molecule has 17 heavy (non-hydrogen) atoms. The van der Waals surface area contributed by atoms with Crippen molar-refractivity contribution in [3.05, 3.63) is 42.0 Å². The summed E-state index contributed by atoms with van der Waals surface area (Å²) < 4.78 is 9.86. The van der Waals surface area contributed by atoms with Gasteiger partial charge in [-0.25, -0.2) is 4.79 Å². The van der Waals surface area contributed by atoms with Crippen molar-refractivity contribution in [2.24, 2.45) is 0 Å². The van der Waals surface area contributed by atoms with E-state index in [-0.39, 0.29) is 5.97 Å². The number of benzene rings is 1. The molecule has 0 aromatic heterocycles. The van der Waals surface area contributed by atoms with Crippen molar-refractivity contribution < 1.29 is 14.3 Å². The van der Waals surface area contributed by atoms with Crippen LogP contribution in [0, 0.1) is 0 Å². The maximum Gasteiger partial charge on any atom is 0.330 e. The first-order valence-corrected chi connectivity index (χ1v) is 5.72. The van der Waals surface area contributed by atoms with Crippen LogP contribution in [0.1, 0.15) is 18.9 Å². The zero-order valence-corrected chi connectivity index (χ0v) is 10.3. The fraction of sp³-hybridized carbons (Fsp3) is 0.357. The molecule has 0 unspecified atom stereocenters. The molecule has 0 heterocycles. The highest BCUT2D eigenvalue weighted by molar-refractivity contribution is 5.81. The molecule has 0 aliphatic rings. The molecule has 0 bridgehead atoms. The van der Waals surface area contributed by atoms with E-state index < -0.39 is 0 Å². The Hall–Kier alpha value is -1.77. The molecule has 0 radical (unpaired) electrons. The third kappa shape index (κ3) is 5.20. The maximum atomic E-state index is 11.0. The van der Waals surface area contributed by atoms with Gasteiger partial charge in [-0.05, 0) is 37.5 Å². The molecule has 3 nitrogen and oxygen atoms in total. The molecule has 0 atom stereocenters. The molecular formula is C14H18O3. The lowest BCUT2D eigenvalue weighted by molar-refractivity contribution is -0.137. The van der Waals surface area contributed by atoms with E-state index in [1.165, 1.54) is 11.6 Å². The molecule has 0 aliphatic heterocycles. The van der Waals surface area contributed by atoms with Crippen LogP contribution in [0.3, 0.4) is 0 Å². The molecule has 92 valence electrons. The number of carbonyl (C=O) groups excluding carboxylic acids is 1. The quantitative estimate of drug-likeness (QED) is 0.561. The Bertz CT molecular complexity index is 366. The SMILES string of the molecule is CCOC(=O)C=CCCc1ccc(OC)cc1. The van der Waals surface area contributed by atoms with Crippen molar-refractivity contribution in [3.8, 4) is 5.75 Å². The van der Waals surface area contributed by atoms with Crippen LogP contribution >= 0.6 is 0 Å². The Morgan fingerprint density at radius 3 is 2.59 bits per heavy atom.